The Morgan fingerprint density at radius 1 is 1.37 bits per heavy atom. The second-order valence-corrected chi connectivity index (χ2v) is 7.08. The standard InChI is InChI=1S/C15H16F3N5O3S2.CH5N/c1-27-7-11(24)19-4-5-28-15-12(22-26-23-15)14(21-25)20-8-2-3-10(16)9(6-8)13(17)18;1-2/h2-3,6,13,25H,4-5,7H2,1H3,(H,19,24)(H,20,21);2H2,1H3. The maximum absolute atomic E-state index is 13.4. The number of rotatable bonds is 9. The van der Waals surface area contributed by atoms with E-state index in [1.807, 2.05) is 6.26 Å². The number of carbonyl (C=O) groups is 1. The highest BCUT2D eigenvalue weighted by atomic mass is 32.2. The third kappa shape index (κ3) is 7.85. The average Bonchev–Trinajstić information content (AvgIpc) is 3.20. The molecular formula is C16H21F3N6O3S2. The Balaban J connectivity index is 0.00000218. The molecule has 0 radical (unpaired) electrons. The lowest BCUT2D eigenvalue weighted by atomic mass is 10.2. The van der Waals surface area contributed by atoms with Crippen LogP contribution < -0.4 is 16.5 Å². The molecule has 2 rings (SSSR count). The van der Waals surface area contributed by atoms with Gasteiger partial charge in [0, 0.05) is 12.3 Å². The van der Waals surface area contributed by atoms with Crippen molar-refractivity contribution in [1.82, 2.24) is 21.1 Å². The molecule has 0 spiro atoms. The molecule has 0 aliphatic heterocycles. The predicted octanol–water partition coefficient (Wildman–Crippen LogP) is 2.35. The van der Waals surface area contributed by atoms with E-state index in [2.05, 4.69) is 31.0 Å². The number of halogens is 3. The smallest absolute Gasteiger partial charge is 0.266 e. The molecule has 0 saturated heterocycles. The molecule has 0 aliphatic rings. The van der Waals surface area contributed by atoms with Crippen molar-refractivity contribution in [2.45, 2.75) is 11.5 Å². The molecule has 166 valence electrons. The van der Waals surface area contributed by atoms with E-state index < -0.39 is 17.8 Å². The average molecular weight is 467 g/mol. The minimum atomic E-state index is -3.01. The zero-order chi connectivity index (χ0) is 22.5. The Kier molecular flexibility index (Phi) is 11.9. The van der Waals surface area contributed by atoms with Crippen molar-refractivity contribution in [3.05, 3.63) is 35.3 Å². The van der Waals surface area contributed by atoms with Crippen LogP contribution in [-0.4, -0.2) is 58.6 Å². The molecular weight excluding hydrogens is 445 g/mol. The van der Waals surface area contributed by atoms with E-state index in [1.165, 1.54) is 36.6 Å². The highest BCUT2D eigenvalue weighted by Gasteiger charge is 2.18. The number of hydrogen-bond donors (Lipinski definition) is 4. The number of hydrogen-bond acceptors (Lipinski definition) is 9. The van der Waals surface area contributed by atoms with Crippen LogP contribution in [0.25, 0.3) is 0 Å². The summed E-state index contributed by atoms with van der Waals surface area (Å²) in [5.74, 6) is -0.591. The molecule has 2 aromatic rings. The molecule has 14 heteroatoms. The van der Waals surface area contributed by atoms with Gasteiger partial charge in [-0.25, -0.2) is 22.8 Å². The van der Waals surface area contributed by atoms with Gasteiger partial charge in [-0.05, 0) is 41.8 Å². The zero-order valence-corrected chi connectivity index (χ0v) is 17.7. The molecule has 1 aromatic heterocycles. The van der Waals surface area contributed by atoms with Crippen molar-refractivity contribution in [1.29, 1.82) is 0 Å². The van der Waals surface area contributed by atoms with Gasteiger partial charge in [0.25, 0.3) is 6.43 Å². The molecule has 0 bridgehead atoms. The van der Waals surface area contributed by atoms with Gasteiger partial charge in [-0.3, -0.25) is 15.5 Å². The minimum Gasteiger partial charge on any atom is -0.355 e. The molecule has 0 saturated carbocycles. The molecule has 1 aromatic carbocycles. The van der Waals surface area contributed by atoms with Gasteiger partial charge in [-0.15, -0.1) is 0 Å². The van der Waals surface area contributed by atoms with E-state index in [4.69, 9.17) is 0 Å². The molecule has 0 atom stereocenters. The molecule has 1 heterocycles. The Bertz CT molecular complexity index is 838. The van der Waals surface area contributed by atoms with E-state index in [1.54, 1.807) is 5.48 Å². The highest BCUT2D eigenvalue weighted by molar-refractivity contribution is 7.99. The van der Waals surface area contributed by atoms with Gasteiger partial charge in [-0.2, -0.15) is 11.8 Å². The van der Waals surface area contributed by atoms with Crippen LogP contribution in [0.2, 0.25) is 0 Å². The summed E-state index contributed by atoms with van der Waals surface area (Å²) >= 11 is 2.58. The van der Waals surface area contributed by atoms with E-state index in [9.17, 15) is 23.2 Å². The van der Waals surface area contributed by atoms with Crippen molar-refractivity contribution >= 4 is 41.0 Å². The number of carbonyl (C=O) groups excluding carboxylic acids is 1. The van der Waals surface area contributed by atoms with Crippen LogP contribution in [0.3, 0.4) is 0 Å². The summed E-state index contributed by atoms with van der Waals surface area (Å²) in [5.41, 5.74) is 5.49. The van der Waals surface area contributed by atoms with Gasteiger partial charge in [0.1, 0.15) is 5.82 Å². The maximum Gasteiger partial charge on any atom is 0.266 e. The van der Waals surface area contributed by atoms with Crippen LogP contribution >= 0.6 is 23.5 Å². The first-order valence-corrected chi connectivity index (χ1v) is 10.7. The maximum atomic E-state index is 13.4. The highest BCUT2D eigenvalue weighted by Crippen LogP contribution is 2.27. The van der Waals surface area contributed by atoms with Gasteiger partial charge >= 0.3 is 0 Å². The number of nitrogens with two attached hydrogens (primary N) is 1. The number of aromatic nitrogens is 2. The van der Waals surface area contributed by atoms with Gasteiger partial charge in [0.15, 0.2) is 16.6 Å². The van der Waals surface area contributed by atoms with Crippen molar-refractivity contribution in [3.8, 4) is 0 Å². The third-order valence-electron chi connectivity index (χ3n) is 3.18. The van der Waals surface area contributed by atoms with Gasteiger partial charge in [-0.1, -0.05) is 11.8 Å². The molecule has 0 aliphatic carbocycles. The molecule has 9 nitrogen and oxygen atoms in total. The number of aliphatic imine (C=N–C) groups is 1. The van der Waals surface area contributed by atoms with Crippen molar-refractivity contribution in [2.75, 3.05) is 31.4 Å². The number of hydroxylamine groups is 1. The van der Waals surface area contributed by atoms with E-state index in [-0.39, 0.29) is 28.2 Å². The first-order chi connectivity index (χ1) is 14.5. The van der Waals surface area contributed by atoms with Crippen molar-refractivity contribution in [2.24, 2.45) is 10.7 Å². The van der Waals surface area contributed by atoms with Crippen molar-refractivity contribution < 1.29 is 27.8 Å². The Morgan fingerprint density at radius 3 is 2.73 bits per heavy atom. The van der Waals surface area contributed by atoms with Crippen LogP contribution in [0, 0.1) is 5.82 Å². The fourth-order valence-corrected chi connectivity index (χ4v) is 3.09. The predicted molar refractivity (Wildman–Crippen MR) is 109 cm³/mol. The molecule has 5 N–H and O–H groups in total. The number of nitrogens with zero attached hydrogens (tertiary/aromatic N) is 3. The van der Waals surface area contributed by atoms with Crippen LogP contribution in [0.1, 0.15) is 17.7 Å². The van der Waals surface area contributed by atoms with Crippen LogP contribution in [0.5, 0.6) is 0 Å². The SMILES string of the molecule is CN.CSCC(=O)NCCSc1nonc1C(=Nc1ccc(F)c(C(F)F)c1)NO. The van der Waals surface area contributed by atoms with Crippen LogP contribution in [0.4, 0.5) is 18.9 Å². The lowest BCUT2D eigenvalue weighted by Crippen LogP contribution is -2.27. The van der Waals surface area contributed by atoms with Crippen LogP contribution in [0.15, 0.2) is 32.8 Å². The number of alkyl halides is 2. The van der Waals surface area contributed by atoms with E-state index >= 15 is 0 Å². The Labute approximate surface area is 179 Å². The summed E-state index contributed by atoms with van der Waals surface area (Å²) in [6.07, 6.45) is -1.20. The molecule has 0 fully saturated rings. The topological polar surface area (TPSA) is 139 Å². The number of thioether (sulfide) groups is 2. The monoisotopic (exact) mass is 466 g/mol. The van der Waals surface area contributed by atoms with Gasteiger partial charge < -0.3 is 11.1 Å². The minimum absolute atomic E-state index is 0.0310. The molecule has 30 heavy (non-hydrogen) atoms. The first kappa shape index (κ1) is 25.7. The summed E-state index contributed by atoms with van der Waals surface area (Å²) in [6, 6.07) is 2.88. The fraction of sp³-hybridized carbons (Fsp3) is 0.375. The molecule has 0 unspecified atom stereocenters. The van der Waals surface area contributed by atoms with E-state index in [0.29, 0.717) is 18.1 Å². The second-order valence-electron chi connectivity index (χ2n) is 5.13. The normalized spacial score (nSPS) is 11.1. The summed E-state index contributed by atoms with van der Waals surface area (Å²) < 4.78 is 43.7. The number of nitrogens with one attached hydrogen (secondary N) is 2. The molecule has 1 amide bonds. The summed E-state index contributed by atoms with van der Waals surface area (Å²) in [4.78, 5) is 15.4. The number of amides is 1. The first-order valence-electron chi connectivity index (χ1n) is 8.31. The lowest BCUT2D eigenvalue weighted by Gasteiger charge is -2.06. The third-order valence-corrected chi connectivity index (χ3v) is 4.68. The van der Waals surface area contributed by atoms with Crippen LogP contribution in [-0.2, 0) is 4.79 Å². The van der Waals surface area contributed by atoms with Gasteiger partial charge in [0.05, 0.1) is 17.0 Å². The fourth-order valence-electron chi connectivity index (χ4n) is 1.97. The summed E-state index contributed by atoms with van der Waals surface area (Å²) in [7, 11) is 1.50. The second kappa shape index (κ2) is 13.8. The van der Waals surface area contributed by atoms with E-state index in [0.717, 1.165) is 12.1 Å². The van der Waals surface area contributed by atoms with Gasteiger partial charge in [0.2, 0.25) is 5.91 Å². The van der Waals surface area contributed by atoms with Crippen molar-refractivity contribution in [3.63, 3.8) is 0 Å². The summed E-state index contributed by atoms with van der Waals surface area (Å²) in [6.45, 7) is 0.366. The number of benzene rings is 1. The zero-order valence-electron chi connectivity index (χ0n) is 16.1. The quantitative estimate of drug-likeness (QED) is 0.144. The Hall–Kier alpha value is -2.29. The number of amidine groups is 1. The largest absolute Gasteiger partial charge is 0.355 e. The lowest BCUT2D eigenvalue weighted by molar-refractivity contribution is -0.118. The Morgan fingerprint density at radius 2 is 2.10 bits per heavy atom. The summed E-state index contributed by atoms with van der Waals surface area (Å²) in [5, 5.41) is 19.6.